The van der Waals surface area contributed by atoms with Crippen LogP contribution in [0.4, 0.5) is 0 Å². The minimum absolute atomic E-state index is 0.110. The fourth-order valence-electron chi connectivity index (χ4n) is 3.42. The van der Waals surface area contributed by atoms with E-state index in [0.29, 0.717) is 33.7 Å². The standard InChI is InChI=1S/C24H21N5O3S/c1-14(2)31-17-10-8-16(9-11-17)22-26-19(32-29-22)13-33-24-27-20-18(15-6-4-3-5-7-15)12-25-21(20)23(30)28-24/h3-12,14,25H,13H2,1-2H3,(H,27,28,30). The molecule has 0 amide bonds. The Morgan fingerprint density at radius 2 is 1.82 bits per heavy atom. The van der Waals surface area contributed by atoms with Gasteiger partial charge < -0.3 is 14.2 Å². The summed E-state index contributed by atoms with van der Waals surface area (Å²) in [4.78, 5) is 27.5. The van der Waals surface area contributed by atoms with Gasteiger partial charge in [-0.25, -0.2) is 4.98 Å². The molecular formula is C24H21N5O3S. The number of aromatic amines is 2. The fourth-order valence-corrected chi connectivity index (χ4v) is 4.11. The van der Waals surface area contributed by atoms with E-state index >= 15 is 0 Å². The summed E-state index contributed by atoms with van der Waals surface area (Å²) in [5.41, 5.74) is 3.55. The van der Waals surface area contributed by atoms with Gasteiger partial charge in [-0.1, -0.05) is 47.3 Å². The first-order valence-corrected chi connectivity index (χ1v) is 11.4. The Morgan fingerprint density at radius 3 is 2.58 bits per heavy atom. The minimum atomic E-state index is -0.223. The van der Waals surface area contributed by atoms with Crippen LogP contribution < -0.4 is 10.3 Å². The average molecular weight is 460 g/mol. The molecule has 0 fully saturated rings. The number of H-pyrrole nitrogens is 2. The van der Waals surface area contributed by atoms with Gasteiger partial charge in [0, 0.05) is 17.3 Å². The number of ether oxygens (including phenoxy) is 1. The molecule has 8 nitrogen and oxygen atoms in total. The highest BCUT2D eigenvalue weighted by Gasteiger charge is 2.14. The number of thioether (sulfide) groups is 1. The molecule has 3 heterocycles. The van der Waals surface area contributed by atoms with E-state index in [0.717, 1.165) is 22.4 Å². The number of aromatic nitrogens is 5. The van der Waals surface area contributed by atoms with E-state index < -0.39 is 0 Å². The van der Waals surface area contributed by atoms with E-state index in [-0.39, 0.29) is 11.7 Å². The molecule has 0 bridgehead atoms. The van der Waals surface area contributed by atoms with Crippen molar-refractivity contribution < 1.29 is 9.26 Å². The lowest BCUT2D eigenvalue weighted by molar-refractivity contribution is 0.242. The molecule has 9 heteroatoms. The van der Waals surface area contributed by atoms with Crippen LogP contribution in [-0.2, 0) is 5.75 Å². The number of fused-ring (bicyclic) bond motifs is 1. The Hall–Kier alpha value is -3.85. The van der Waals surface area contributed by atoms with Crippen LogP contribution in [0, 0.1) is 0 Å². The molecule has 5 aromatic rings. The van der Waals surface area contributed by atoms with E-state index in [1.165, 1.54) is 11.8 Å². The van der Waals surface area contributed by atoms with E-state index in [9.17, 15) is 4.79 Å². The molecule has 0 unspecified atom stereocenters. The highest BCUT2D eigenvalue weighted by molar-refractivity contribution is 7.98. The Bertz CT molecular complexity index is 1440. The molecule has 5 rings (SSSR count). The lowest BCUT2D eigenvalue weighted by Gasteiger charge is -2.09. The summed E-state index contributed by atoms with van der Waals surface area (Å²) in [6, 6.07) is 17.4. The van der Waals surface area contributed by atoms with Crippen LogP contribution in [0.5, 0.6) is 5.75 Å². The van der Waals surface area contributed by atoms with Gasteiger partial charge in [-0.05, 0) is 43.7 Å². The summed E-state index contributed by atoms with van der Waals surface area (Å²) in [5, 5.41) is 4.55. The van der Waals surface area contributed by atoms with Crippen molar-refractivity contribution >= 4 is 22.8 Å². The number of benzene rings is 2. The number of hydrogen-bond donors (Lipinski definition) is 2. The van der Waals surface area contributed by atoms with Crippen LogP contribution in [0.25, 0.3) is 33.5 Å². The molecule has 3 aromatic heterocycles. The Balaban J connectivity index is 1.33. The zero-order valence-corrected chi connectivity index (χ0v) is 18.8. The first kappa shape index (κ1) is 21.0. The zero-order valence-electron chi connectivity index (χ0n) is 18.0. The third kappa shape index (κ3) is 4.54. The second-order valence-electron chi connectivity index (χ2n) is 7.65. The second kappa shape index (κ2) is 8.95. The third-order valence-electron chi connectivity index (χ3n) is 4.88. The van der Waals surface area contributed by atoms with Crippen LogP contribution >= 0.6 is 11.8 Å². The number of nitrogens with zero attached hydrogens (tertiary/aromatic N) is 3. The SMILES string of the molecule is CC(C)Oc1ccc(-c2noc(CSc3nc4c(-c5ccccc5)c[nH]c4c(=O)[nH]3)n2)cc1. The molecular weight excluding hydrogens is 438 g/mol. The van der Waals surface area contributed by atoms with Crippen molar-refractivity contribution in [2.24, 2.45) is 0 Å². The van der Waals surface area contributed by atoms with E-state index in [1.807, 2.05) is 68.4 Å². The number of rotatable bonds is 7. The molecule has 2 aromatic carbocycles. The van der Waals surface area contributed by atoms with Gasteiger partial charge in [-0.2, -0.15) is 4.98 Å². The maximum atomic E-state index is 12.5. The molecule has 0 atom stereocenters. The summed E-state index contributed by atoms with van der Waals surface area (Å²) in [5.74, 6) is 2.10. The molecule has 2 N–H and O–H groups in total. The van der Waals surface area contributed by atoms with Crippen molar-refractivity contribution in [2.75, 3.05) is 0 Å². The molecule has 166 valence electrons. The normalized spacial score (nSPS) is 11.4. The van der Waals surface area contributed by atoms with Gasteiger partial charge in [-0.15, -0.1) is 0 Å². The smallest absolute Gasteiger partial charge is 0.275 e. The second-order valence-corrected chi connectivity index (χ2v) is 8.62. The molecule has 0 aliphatic rings. The van der Waals surface area contributed by atoms with Crippen LogP contribution in [0.3, 0.4) is 0 Å². The van der Waals surface area contributed by atoms with Crippen molar-refractivity contribution in [1.29, 1.82) is 0 Å². The molecule has 0 radical (unpaired) electrons. The third-order valence-corrected chi connectivity index (χ3v) is 5.74. The quantitative estimate of drug-likeness (QED) is 0.259. The molecule has 0 aliphatic carbocycles. The Labute approximate surface area is 193 Å². The van der Waals surface area contributed by atoms with Gasteiger partial charge in [0.05, 0.1) is 11.9 Å². The topological polar surface area (TPSA) is 110 Å². The average Bonchev–Trinajstić information content (AvgIpc) is 3.46. The maximum Gasteiger partial charge on any atom is 0.275 e. The van der Waals surface area contributed by atoms with Crippen molar-refractivity contribution in [3.05, 3.63) is 77.0 Å². The van der Waals surface area contributed by atoms with Gasteiger partial charge in [-0.3, -0.25) is 9.78 Å². The number of hydrogen-bond acceptors (Lipinski definition) is 7. The predicted molar refractivity (Wildman–Crippen MR) is 127 cm³/mol. The lowest BCUT2D eigenvalue weighted by atomic mass is 10.1. The van der Waals surface area contributed by atoms with Crippen molar-refractivity contribution in [1.82, 2.24) is 25.1 Å². The molecule has 0 saturated heterocycles. The summed E-state index contributed by atoms with van der Waals surface area (Å²) < 4.78 is 11.1. The predicted octanol–water partition coefficient (Wildman–Crippen LogP) is 5.05. The first-order valence-electron chi connectivity index (χ1n) is 10.5. The van der Waals surface area contributed by atoms with Crippen molar-refractivity contribution in [3.8, 4) is 28.3 Å². The van der Waals surface area contributed by atoms with Crippen LogP contribution in [0.15, 0.2) is 75.3 Å². The van der Waals surface area contributed by atoms with Gasteiger partial charge in [0.25, 0.3) is 5.56 Å². The maximum absolute atomic E-state index is 12.5. The monoisotopic (exact) mass is 459 g/mol. The van der Waals surface area contributed by atoms with E-state index in [4.69, 9.17) is 9.26 Å². The molecule has 33 heavy (non-hydrogen) atoms. The summed E-state index contributed by atoms with van der Waals surface area (Å²) in [7, 11) is 0. The summed E-state index contributed by atoms with van der Waals surface area (Å²) in [6.45, 7) is 3.96. The fraction of sp³-hybridized carbons (Fsp3) is 0.167. The van der Waals surface area contributed by atoms with Crippen molar-refractivity contribution in [3.63, 3.8) is 0 Å². The van der Waals surface area contributed by atoms with Gasteiger partial charge in [0.15, 0.2) is 5.16 Å². The Kier molecular flexibility index (Phi) is 5.70. The zero-order chi connectivity index (χ0) is 22.8. The van der Waals surface area contributed by atoms with Crippen molar-refractivity contribution in [2.45, 2.75) is 30.9 Å². The van der Waals surface area contributed by atoms with E-state index in [1.54, 1.807) is 6.20 Å². The molecule has 0 saturated carbocycles. The van der Waals surface area contributed by atoms with Gasteiger partial charge >= 0.3 is 0 Å². The molecule has 0 aliphatic heterocycles. The Morgan fingerprint density at radius 1 is 1.03 bits per heavy atom. The highest BCUT2D eigenvalue weighted by atomic mass is 32.2. The van der Waals surface area contributed by atoms with Crippen LogP contribution in [-0.4, -0.2) is 31.2 Å². The first-order chi connectivity index (χ1) is 16.1. The minimum Gasteiger partial charge on any atom is -0.491 e. The van der Waals surface area contributed by atoms with E-state index in [2.05, 4.69) is 25.1 Å². The highest BCUT2D eigenvalue weighted by Crippen LogP contribution is 2.28. The summed E-state index contributed by atoms with van der Waals surface area (Å²) >= 11 is 1.33. The largest absolute Gasteiger partial charge is 0.491 e. The van der Waals surface area contributed by atoms with Gasteiger partial charge in [0.2, 0.25) is 11.7 Å². The summed E-state index contributed by atoms with van der Waals surface area (Å²) in [6.07, 6.45) is 1.91. The van der Waals surface area contributed by atoms with Crippen LogP contribution in [0.2, 0.25) is 0 Å². The van der Waals surface area contributed by atoms with Crippen LogP contribution in [0.1, 0.15) is 19.7 Å². The molecule has 0 spiro atoms. The lowest BCUT2D eigenvalue weighted by Crippen LogP contribution is -2.09. The van der Waals surface area contributed by atoms with Gasteiger partial charge in [0.1, 0.15) is 16.8 Å². The number of nitrogens with one attached hydrogen (secondary N) is 2.